The van der Waals surface area contributed by atoms with Gasteiger partial charge in [-0.15, -0.1) is 0 Å². The number of aliphatic hydroxyl groups excluding tert-OH is 1. The van der Waals surface area contributed by atoms with E-state index in [1.807, 2.05) is 24.3 Å². The van der Waals surface area contributed by atoms with Gasteiger partial charge in [0.2, 0.25) is 0 Å². The lowest BCUT2D eigenvalue weighted by atomic mass is 10.1. The summed E-state index contributed by atoms with van der Waals surface area (Å²) in [4.78, 5) is 0. The highest BCUT2D eigenvalue weighted by molar-refractivity contribution is 5.78. The van der Waals surface area contributed by atoms with Crippen molar-refractivity contribution in [2.45, 2.75) is 12.7 Å². The van der Waals surface area contributed by atoms with Crippen LogP contribution < -0.4 is 0 Å². The second kappa shape index (κ2) is 5.68. The molecule has 0 fully saturated rings. The van der Waals surface area contributed by atoms with Crippen molar-refractivity contribution >= 4 is 11.0 Å². The predicted molar refractivity (Wildman–Crippen MR) is 77.4 cm³/mol. The SMILES string of the molecule is COCc1ccc(C(O)c2cc3cccc(F)c3o2)cc1. The van der Waals surface area contributed by atoms with Crippen LogP contribution >= 0.6 is 0 Å². The van der Waals surface area contributed by atoms with Gasteiger partial charge in [-0.3, -0.25) is 0 Å². The van der Waals surface area contributed by atoms with E-state index >= 15 is 0 Å². The van der Waals surface area contributed by atoms with Crippen LogP contribution in [0.3, 0.4) is 0 Å². The molecule has 108 valence electrons. The maximum atomic E-state index is 13.6. The molecule has 3 nitrogen and oxygen atoms in total. The third-order valence-corrected chi connectivity index (χ3v) is 3.39. The first-order chi connectivity index (χ1) is 10.2. The normalized spacial score (nSPS) is 12.7. The van der Waals surface area contributed by atoms with Crippen LogP contribution in [0.15, 0.2) is 52.9 Å². The number of ether oxygens (including phenoxy) is 1. The lowest BCUT2D eigenvalue weighted by Crippen LogP contribution is -1.98. The van der Waals surface area contributed by atoms with Gasteiger partial charge in [0.15, 0.2) is 11.4 Å². The van der Waals surface area contributed by atoms with E-state index in [1.165, 1.54) is 6.07 Å². The van der Waals surface area contributed by atoms with Crippen LogP contribution in [0.2, 0.25) is 0 Å². The van der Waals surface area contributed by atoms with Crippen LogP contribution in [-0.2, 0) is 11.3 Å². The van der Waals surface area contributed by atoms with Gasteiger partial charge in [-0.25, -0.2) is 4.39 Å². The summed E-state index contributed by atoms with van der Waals surface area (Å²) < 4.78 is 24.1. The number of furan rings is 1. The number of benzene rings is 2. The summed E-state index contributed by atoms with van der Waals surface area (Å²) >= 11 is 0. The zero-order valence-corrected chi connectivity index (χ0v) is 11.5. The highest BCUT2D eigenvalue weighted by Gasteiger charge is 2.17. The molecule has 1 heterocycles. The molecule has 1 aromatic heterocycles. The fourth-order valence-electron chi connectivity index (χ4n) is 2.31. The summed E-state index contributed by atoms with van der Waals surface area (Å²) in [6.45, 7) is 0.520. The molecule has 0 aliphatic carbocycles. The Hall–Kier alpha value is -2.17. The van der Waals surface area contributed by atoms with Gasteiger partial charge in [-0.05, 0) is 23.3 Å². The number of aliphatic hydroxyl groups is 1. The zero-order valence-electron chi connectivity index (χ0n) is 11.5. The Kier molecular flexibility index (Phi) is 3.73. The van der Waals surface area contributed by atoms with E-state index in [4.69, 9.17) is 9.15 Å². The summed E-state index contributed by atoms with van der Waals surface area (Å²) in [6, 6.07) is 13.7. The lowest BCUT2D eigenvalue weighted by molar-refractivity contribution is 0.184. The number of rotatable bonds is 4. The fourth-order valence-corrected chi connectivity index (χ4v) is 2.31. The third kappa shape index (κ3) is 2.68. The van der Waals surface area contributed by atoms with Crippen LogP contribution in [0.4, 0.5) is 4.39 Å². The van der Waals surface area contributed by atoms with Crippen molar-refractivity contribution in [1.29, 1.82) is 0 Å². The Balaban J connectivity index is 1.92. The largest absolute Gasteiger partial charge is 0.455 e. The Labute approximate surface area is 121 Å². The van der Waals surface area contributed by atoms with Gasteiger partial charge < -0.3 is 14.3 Å². The number of para-hydroxylation sites is 1. The molecule has 2 aromatic carbocycles. The second-order valence-corrected chi connectivity index (χ2v) is 4.88. The van der Waals surface area contributed by atoms with Gasteiger partial charge in [0.1, 0.15) is 11.9 Å². The van der Waals surface area contributed by atoms with Gasteiger partial charge >= 0.3 is 0 Å². The standard InChI is InChI=1S/C17H15FO3/c1-20-10-11-5-7-12(8-6-11)16(19)15-9-13-3-2-4-14(18)17(13)21-15/h2-9,16,19H,10H2,1H3. The van der Waals surface area contributed by atoms with E-state index in [-0.39, 0.29) is 5.58 Å². The molecule has 0 spiro atoms. The van der Waals surface area contributed by atoms with Crippen LogP contribution in [0, 0.1) is 5.82 Å². The number of methoxy groups -OCH3 is 1. The molecule has 0 radical (unpaired) electrons. The predicted octanol–water partition coefficient (Wildman–Crippen LogP) is 3.80. The first kappa shape index (κ1) is 13.8. The first-order valence-corrected chi connectivity index (χ1v) is 6.63. The van der Waals surface area contributed by atoms with E-state index in [0.717, 1.165) is 5.56 Å². The van der Waals surface area contributed by atoms with Gasteiger partial charge in [-0.1, -0.05) is 36.4 Å². The molecule has 0 bridgehead atoms. The summed E-state index contributed by atoms with van der Waals surface area (Å²) in [7, 11) is 1.63. The van der Waals surface area contributed by atoms with Gasteiger partial charge in [-0.2, -0.15) is 0 Å². The number of fused-ring (bicyclic) bond motifs is 1. The molecular formula is C17H15FO3. The molecule has 1 unspecified atom stereocenters. The van der Waals surface area contributed by atoms with Gasteiger partial charge in [0, 0.05) is 12.5 Å². The van der Waals surface area contributed by atoms with Crippen LogP contribution in [-0.4, -0.2) is 12.2 Å². The van der Waals surface area contributed by atoms with E-state index in [0.29, 0.717) is 23.3 Å². The first-order valence-electron chi connectivity index (χ1n) is 6.63. The summed E-state index contributed by atoms with van der Waals surface area (Å²) in [5.41, 5.74) is 1.88. The Morgan fingerprint density at radius 2 is 1.95 bits per heavy atom. The molecule has 1 N–H and O–H groups in total. The highest BCUT2D eigenvalue weighted by Crippen LogP contribution is 2.29. The van der Waals surface area contributed by atoms with E-state index in [1.54, 1.807) is 25.3 Å². The van der Waals surface area contributed by atoms with Crippen LogP contribution in [0.5, 0.6) is 0 Å². The molecular weight excluding hydrogens is 271 g/mol. The molecule has 0 amide bonds. The van der Waals surface area contributed by atoms with Crippen molar-refractivity contribution < 1.29 is 18.7 Å². The molecule has 1 atom stereocenters. The van der Waals surface area contributed by atoms with Gasteiger partial charge in [0.25, 0.3) is 0 Å². The molecule has 3 aromatic rings. The zero-order chi connectivity index (χ0) is 14.8. The molecule has 0 saturated carbocycles. The lowest BCUT2D eigenvalue weighted by Gasteiger charge is -2.08. The quantitative estimate of drug-likeness (QED) is 0.793. The highest BCUT2D eigenvalue weighted by atomic mass is 19.1. The van der Waals surface area contributed by atoms with Crippen molar-refractivity contribution in [1.82, 2.24) is 0 Å². The smallest absolute Gasteiger partial charge is 0.170 e. The number of halogens is 1. The van der Waals surface area contributed by atoms with E-state index in [2.05, 4.69) is 0 Å². The average Bonchev–Trinajstić information content (AvgIpc) is 2.93. The van der Waals surface area contributed by atoms with Crippen molar-refractivity contribution in [3.05, 3.63) is 71.2 Å². The monoisotopic (exact) mass is 286 g/mol. The molecule has 21 heavy (non-hydrogen) atoms. The maximum Gasteiger partial charge on any atom is 0.170 e. The Bertz CT molecular complexity index is 746. The molecule has 0 saturated heterocycles. The van der Waals surface area contributed by atoms with Gasteiger partial charge in [0.05, 0.1) is 6.61 Å². The van der Waals surface area contributed by atoms with Crippen LogP contribution in [0.25, 0.3) is 11.0 Å². The second-order valence-electron chi connectivity index (χ2n) is 4.88. The van der Waals surface area contributed by atoms with Crippen molar-refractivity contribution in [3.63, 3.8) is 0 Å². The van der Waals surface area contributed by atoms with Crippen LogP contribution in [0.1, 0.15) is 23.0 Å². The number of hydrogen-bond donors (Lipinski definition) is 1. The van der Waals surface area contributed by atoms with Crippen molar-refractivity contribution in [3.8, 4) is 0 Å². The van der Waals surface area contributed by atoms with Crippen molar-refractivity contribution in [2.24, 2.45) is 0 Å². The molecule has 0 aliphatic heterocycles. The maximum absolute atomic E-state index is 13.6. The topological polar surface area (TPSA) is 42.6 Å². The van der Waals surface area contributed by atoms with Crippen molar-refractivity contribution in [2.75, 3.05) is 7.11 Å². The Morgan fingerprint density at radius 1 is 1.19 bits per heavy atom. The number of hydrogen-bond acceptors (Lipinski definition) is 3. The summed E-state index contributed by atoms with van der Waals surface area (Å²) in [5, 5.41) is 11.0. The summed E-state index contributed by atoms with van der Waals surface area (Å²) in [6.07, 6.45) is -0.923. The Morgan fingerprint density at radius 3 is 2.62 bits per heavy atom. The van der Waals surface area contributed by atoms with E-state index < -0.39 is 11.9 Å². The average molecular weight is 286 g/mol. The summed E-state index contributed by atoms with van der Waals surface area (Å²) in [5.74, 6) is -0.101. The fraction of sp³-hybridized carbons (Fsp3) is 0.176. The molecule has 4 heteroatoms. The minimum Gasteiger partial charge on any atom is -0.455 e. The third-order valence-electron chi connectivity index (χ3n) is 3.39. The minimum absolute atomic E-state index is 0.169. The minimum atomic E-state index is -0.923. The van der Waals surface area contributed by atoms with E-state index in [9.17, 15) is 9.50 Å². The molecule has 0 aliphatic rings. The molecule has 3 rings (SSSR count).